The molecule has 2 aliphatic heterocycles. The molecule has 5 rings (SSSR count). The summed E-state index contributed by atoms with van der Waals surface area (Å²) in [6.07, 6.45) is 7.11. The van der Waals surface area contributed by atoms with Gasteiger partial charge in [-0.2, -0.15) is 0 Å². The Bertz CT molecular complexity index is 1510. The molecular weight excluding hydrogens is 678 g/mol. The summed E-state index contributed by atoms with van der Waals surface area (Å²) in [5.74, 6) is -1.13. The van der Waals surface area contributed by atoms with Crippen LogP contribution in [0, 0.1) is 11.8 Å². The van der Waals surface area contributed by atoms with Crippen LogP contribution in [0.5, 0.6) is 0 Å². The van der Waals surface area contributed by atoms with Crippen molar-refractivity contribution in [2.24, 2.45) is 11.8 Å². The third kappa shape index (κ3) is 12.6. The number of esters is 1. The number of alkyl carbamates (subject to hydrolysis) is 2. The first-order chi connectivity index (χ1) is 25.6. The van der Waals surface area contributed by atoms with Crippen LogP contribution in [0.4, 0.5) is 9.59 Å². The zero-order valence-corrected chi connectivity index (χ0v) is 31.7. The number of hydrogen-bond acceptors (Lipinski definition) is 9. The van der Waals surface area contributed by atoms with Crippen molar-refractivity contribution in [2.45, 2.75) is 141 Å². The number of carbonyl (C=O) groups excluding carboxylic acids is 4. The minimum atomic E-state index is -1.07. The van der Waals surface area contributed by atoms with Crippen LogP contribution in [0.25, 0.3) is 10.8 Å². The second kappa shape index (κ2) is 20.0. The average molecular weight is 738 g/mol. The molecule has 1 spiro atoms. The SMILES string of the molecule is CCOC(=O)[C@H](CC(C)C)NC(=O)CC[C@@H]1C[C@@H](OC(=O)NCc2cccc3ccccc23)C[C@@]2(CCC[C@H](COC(=O)NCC3CCCCC3)O2)O1. The molecular formula is C41H59N3O9. The van der Waals surface area contributed by atoms with Crippen LogP contribution in [0.15, 0.2) is 42.5 Å². The molecule has 3 amide bonds. The normalized spacial score (nSPS) is 24.0. The minimum Gasteiger partial charge on any atom is -0.464 e. The van der Waals surface area contributed by atoms with E-state index in [0.717, 1.165) is 35.6 Å². The van der Waals surface area contributed by atoms with E-state index < -0.39 is 48.3 Å². The van der Waals surface area contributed by atoms with Gasteiger partial charge in [-0.25, -0.2) is 14.4 Å². The smallest absolute Gasteiger partial charge is 0.407 e. The van der Waals surface area contributed by atoms with E-state index in [-0.39, 0.29) is 31.5 Å². The van der Waals surface area contributed by atoms with Gasteiger partial charge >= 0.3 is 18.2 Å². The van der Waals surface area contributed by atoms with Crippen LogP contribution in [0.3, 0.4) is 0 Å². The van der Waals surface area contributed by atoms with Gasteiger partial charge in [-0.05, 0) is 73.6 Å². The van der Waals surface area contributed by atoms with Crippen molar-refractivity contribution >= 4 is 34.8 Å². The van der Waals surface area contributed by atoms with Crippen LogP contribution in [0.2, 0.25) is 0 Å². The van der Waals surface area contributed by atoms with Gasteiger partial charge < -0.3 is 39.6 Å². The summed E-state index contributed by atoms with van der Waals surface area (Å²) in [5, 5.41) is 10.8. The highest BCUT2D eigenvalue weighted by atomic mass is 16.7. The zero-order chi connectivity index (χ0) is 37.6. The second-order valence-electron chi connectivity index (χ2n) is 15.3. The molecule has 0 radical (unpaired) electrons. The number of hydrogen-bond donors (Lipinski definition) is 3. The molecule has 12 heteroatoms. The number of benzene rings is 2. The molecule has 292 valence electrons. The summed E-state index contributed by atoms with van der Waals surface area (Å²) in [4.78, 5) is 51.5. The monoisotopic (exact) mass is 737 g/mol. The molecule has 2 aromatic carbocycles. The van der Waals surface area contributed by atoms with Crippen LogP contribution in [0.1, 0.15) is 110 Å². The number of nitrogens with one attached hydrogen (secondary N) is 3. The molecule has 53 heavy (non-hydrogen) atoms. The van der Waals surface area contributed by atoms with E-state index in [0.29, 0.717) is 57.5 Å². The molecule has 1 aliphatic carbocycles. The lowest BCUT2D eigenvalue weighted by molar-refractivity contribution is -0.329. The quantitative estimate of drug-likeness (QED) is 0.129. The molecule has 0 unspecified atom stereocenters. The van der Waals surface area contributed by atoms with Gasteiger partial charge in [-0.3, -0.25) is 4.79 Å². The third-order valence-electron chi connectivity index (χ3n) is 10.5. The van der Waals surface area contributed by atoms with Crippen molar-refractivity contribution in [1.82, 2.24) is 16.0 Å². The number of amides is 3. The third-order valence-corrected chi connectivity index (χ3v) is 10.5. The Morgan fingerprint density at radius 2 is 1.66 bits per heavy atom. The van der Waals surface area contributed by atoms with E-state index in [1.165, 1.54) is 19.3 Å². The van der Waals surface area contributed by atoms with Gasteiger partial charge in [0.05, 0.1) is 18.8 Å². The molecule has 0 aromatic heterocycles. The fourth-order valence-corrected chi connectivity index (χ4v) is 7.90. The first-order valence-corrected chi connectivity index (χ1v) is 19.7. The first-order valence-electron chi connectivity index (χ1n) is 19.7. The Labute approximate surface area is 313 Å². The molecule has 1 saturated carbocycles. The largest absolute Gasteiger partial charge is 0.464 e. The van der Waals surface area contributed by atoms with E-state index in [4.69, 9.17) is 23.7 Å². The Balaban J connectivity index is 1.20. The summed E-state index contributed by atoms with van der Waals surface area (Å²) in [5.41, 5.74) is 0.979. The Morgan fingerprint density at radius 3 is 2.45 bits per heavy atom. The van der Waals surface area contributed by atoms with Gasteiger partial charge in [0.2, 0.25) is 5.91 Å². The lowest BCUT2D eigenvalue weighted by atomic mass is 9.89. The molecule has 3 aliphatic rings. The predicted octanol–water partition coefficient (Wildman–Crippen LogP) is 7.06. The standard InChI is InChI=1S/C41H59N3O9/c1-4-49-38(46)36(22-28(2)3)44-37(45)20-19-32-23-34(51-40(48)43-26-31-16-10-15-30-14-8-9-18-35(30)31)24-41(52-32)21-11-17-33(53-41)27-50-39(47)42-25-29-12-6-5-7-13-29/h8-10,14-16,18,28-29,32-34,36H,4-7,11-13,17,19-27H2,1-3H3,(H,42,47)(H,43,48)(H,44,45)/t32-,33-,34-,36+,41+/m1/s1. The fourth-order valence-electron chi connectivity index (χ4n) is 7.90. The highest BCUT2D eigenvalue weighted by Crippen LogP contribution is 2.41. The van der Waals surface area contributed by atoms with Gasteiger partial charge in [0.15, 0.2) is 5.79 Å². The predicted molar refractivity (Wildman–Crippen MR) is 200 cm³/mol. The van der Waals surface area contributed by atoms with Gasteiger partial charge in [0, 0.05) is 38.8 Å². The van der Waals surface area contributed by atoms with E-state index in [9.17, 15) is 19.2 Å². The highest BCUT2D eigenvalue weighted by Gasteiger charge is 2.47. The highest BCUT2D eigenvalue weighted by molar-refractivity contribution is 5.86. The Hall–Kier alpha value is -3.90. The molecule has 12 nitrogen and oxygen atoms in total. The van der Waals surface area contributed by atoms with Crippen LogP contribution in [-0.4, -0.2) is 74.0 Å². The summed E-state index contributed by atoms with van der Waals surface area (Å²) in [7, 11) is 0. The first kappa shape index (κ1) is 40.3. The molecule has 0 bridgehead atoms. The van der Waals surface area contributed by atoms with Gasteiger partial charge in [0.25, 0.3) is 0 Å². The van der Waals surface area contributed by atoms with Gasteiger partial charge in [-0.1, -0.05) is 75.6 Å². The summed E-state index contributed by atoms with van der Waals surface area (Å²) >= 11 is 0. The van der Waals surface area contributed by atoms with Crippen molar-refractivity contribution in [3.05, 3.63) is 48.0 Å². The van der Waals surface area contributed by atoms with Crippen molar-refractivity contribution in [1.29, 1.82) is 0 Å². The van der Waals surface area contributed by atoms with Crippen molar-refractivity contribution in [3.63, 3.8) is 0 Å². The fraction of sp³-hybridized carbons (Fsp3) is 0.659. The maximum absolute atomic E-state index is 13.2. The van der Waals surface area contributed by atoms with Crippen molar-refractivity contribution in [3.8, 4) is 0 Å². The Morgan fingerprint density at radius 1 is 0.887 bits per heavy atom. The van der Waals surface area contributed by atoms with Gasteiger partial charge in [0.1, 0.15) is 18.8 Å². The number of carbonyl (C=O) groups is 4. The molecule has 3 N–H and O–H groups in total. The van der Waals surface area contributed by atoms with Crippen LogP contribution >= 0.6 is 0 Å². The number of fused-ring (bicyclic) bond motifs is 1. The van der Waals surface area contributed by atoms with Crippen LogP contribution in [-0.2, 0) is 39.8 Å². The van der Waals surface area contributed by atoms with E-state index in [1.807, 2.05) is 56.3 Å². The Kier molecular flexibility index (Phi) is 15.2. The molecule has 5 atom stereocenters. The summed E-state index contributed by atoms with van der Waals surface area (Å²) < 4.78 is 30.0. The van der Waals surface area contributed by atoms with Gasteiger partial charge in [-0.15, -0.1) is 0 Å². The van der Waals surface area contributed by atoms with Crippen molar-refractivity contribution < 1.29 is 42.9 Å². The zero-order valence-electron chi connectivity index (χ0n) is 31.7. The van der Waals surface area contributed by atoms with Crippen LogP contribution < -0.4 is 16.0 Å². The summed E-state index contributed by atoms with van der Waals surface area (Å²) in [6.45, 7) is 6.94. The molecule has 2 aromatic rings. The summed E-state index contributed by atoms with van der Waals surface area (Å²) in [6, 6.07) is 13.3. The molecule has 2 saturated heterocycles. The van der Waals surface area contributed by atoms with E-state index in [1.54, 1.807) is 6.92 Å². The number of rotatable bonds is 15. The minimum absolute atomic E-state index is 0.0802. The van der Waals surface area contributed by atoms with Crippen molar-refractivity contribution in [2.75, 3.05) is 19.8 Å². The maximum atomic E-state index is 13.2. The topological polar surface area (TPSA) is 151 Å². The van der Waals surface area contributed by atoms with E-state index in [2.05, 4.69) is 16.0 Å². The van der Waals surface area contributed by atoms with E-state index >= 15 is 0 Å². The lowest BCUT2D eigenvalue weighted by Gasteiger charge is -2.47. The second-order valence-corrected chi connectivity index (χ2v) is 15.3. The number of ether oxygens (including phenoxy) is 5. The average Bonchev–Trinajstić information content (AvgIpc) is 3.14. The molecule has 3 fully saturated rings. The molecule has 2 heterocycles. The maximum Gasteiger partial charge on any atom is 0.407 e. The lowest BCUT2D eigenvalue weighted by Crippen LogP contribution is -2.54.